The highest BCUT2D eigenvalue weighted by Crippen LogP contribution is 2.16. The minimum absolute atomic E-state index is 0.395. The summed E-state index contributed by atoms with van der Waals surface area (Å²) < 4.78 is 1.81. The number of nitrogens with zero attached hydrogens (tertiary/aromatic N) is 4. The molecule has 2 rings (SSSR count). The van der Waals surface area contributed by atoms with Crippen molar-refractivity contribution in [1.82, 2.24) is 19.7 Å². The van der Waals surface area contributed by atoms with Crippen LogP contribution >= 0.6 is 0 Å². The summed E-state index contributed by atoms with van der Waals surface area (Å²) in [5.74, 6) is 0.987. The number of hydrogen-bond acceptors (Lipinski definition) is 3. The summed E-state index contributed by atoms with van der Waals surface area (Å²) >= 11 is 0. The van der Waals surface area contributed by atoms with Crippen molar-refractivity contribution in [3.63, 3.8) is 0 Å². The summed E-state index contributed by atoms with van der Waals surface area (Å²) in [6, 6.07) is 2.42. The van der Waals surface area contributed by atoms with Gasteiger partial charge in [0.15, 0.2) is 5.82 Å². The summed E-state index contributed by atoms with van der Waals surface area (Å²) in [5, 5.41) is 4.42. The molecule has 0 saturated heterocycles. The molecule has 0 amide bonds. The second-order valence-electron chi connectivity index (χ2n) is 4.13. The maximum Gasteiger partial charge on any atom is 0.151 e. The van der Waals surface area contributed by atoms with E-state index in [0.29, 0.717) is 6.04 Å². The molecule has 0 aliphatic heterocycles. The standard InChI is InChI=1S/C11H17N5/c1-9(2)16(7-10-6-12-8-13-10)11-4-5-15(3)14-11/h4-6,8-9H,7H2,1-3H3,(H,12,13). The fraction of sp³-hybridized carbons (Fsp3) is 0.455. The Kier molecular flexibility index (Phi) is 2.94. The van der Waals surface area contributed by atoms with Crippen molar-refractivity contribution in [1.29, 1.82) is 0 Å². The van der Waals surface area contributed by atoms with Crippen LogP contribution in [0.2, 0.25) is 0 Å². The summed E-state index contributed by atoms with van der Waals surface area (Å²) in [4.78, 5) is 9.42. The van der Waals surface area contributed by atoms with E-state index >= 15 is 0 Å². The molecule has 5 nitrogen and oxygen atoms in total. The largest absolute Gasteiger partial charge is 0.351 e. The van der Waals surface area contributed by atoms with Gasteiger partial charge in [-0.1, -0.05) is 0 Å². The quantitative estimate of drug-likeness (QED) is 0.849. The number of aromatic nitrogens is 4. The van der Waals surface area contributed by atoms with Gasteiger partial charge in [0.05, 0.1) is 18.6 Å². The summed E-state index contributed by atoms with van der Waals surface area (Å²) in [6.07, 6.45) is 5.57. The Morgan fingerprint density at radius 2 is 2.31 bits per heavy atom. The van der Waals surface area contributed by atoms with Gasteiger partial charge in [-0.3, -0.25) is 4.68 Å². The number of H-pyrrole nitrogens is 1. The summed E-state index contributed by atoms with van der Waals surface area (Å²) in [6.45, 7) is 5.08. The topological polar surface area (TPSA) is 49.7 Å². The van der Waals surface area contributed by atoms with Gasteiger partial charge in [-0.25, -0.2) is 4.98 Å². The van der Waals surface area contributed by atoms with E-state index in [2.05, 4.69) is 33.8 Å². The van der Waals surface area contributed by atoms with E-state index in [0.717, 1.165) is 18.1 Å². The van der Waals surface area contributed by atoms with Crippen molar-refractivity contribution in [2.45, 2.75) is 26.4 Å². The minimum atomic E-state index is 0.395. The predicted molar refractivity (Wildman–Crippen MR) is 63.1 cm³/mol. The lowest BCUT2D eigenvalue weighted by Gasteiger charge is -2.25. The Balaban J connectivity index is 2.18. The van der Waals surface area contributed by atoms with Crippen LogP contribution in [-0.2, 0) is 13.6 Å². The van der Waals surface area contributed by atoms with Gasteiger partial charge in [-0.15, -0.1) is 0 Å². The van der Waals surface area contributed by atoms with Gasteiger partial charge >= 0.3 is 0 Å². The van der Waals surface area contributed by atoms with Gasteiger partial charge < -0.3 is 9.88 Å². The molecule has 16 heavy (non-hydrogen) atoms. The van der Waals surface area contributed by atoms with Crippen LogP contribution < -0.4 is 4.90 Å². The molecule has 2 aromatic rings. The number of anilines is 1. The number of rotatable bonds is 4. The van der Waals surface area contributed by atoms with Crippen molar-refractivity contribution < 1.29 is 0 Å². The molecule has 0 atom stereocenters. The van der Waals surface area contributed by atoms with Gasteiger partial charge in [0.1, 0.15) is 0 Å². The number of aromatic amines is 1. The first-order valence-electron chi connectivity index (χ1n) is 5.41. The first-order chi connectivity index (χ1) is 7.66. The highest BCUT2D eigenvalue weighted by Gasteiger charge is 2.14. The Bertz CT molecular complexity index is 429. The third-order valence-corrected chi connectivity index (χ3v) is 2.50. The molecule has 0 fully saturated rings. The molecule has 0 unspecified atom stereocenters. The van der Waals surface area contributed by atoms with E-state index in [1.54, 1.807) is 6.33 Å². The van der Waals surface area contributed by atoms with Crippen LogP contribution in [0.25, 0.3) is 0 Å². The van der Waals surface area contributed by atoms with Gasteiger partial charge in [0.25, 0.3) is 0 Å². The summed E-state index contributed by atoms with van der Waals surface area (Å²) in [5.41, 5.74) is 1.03. The lowest BCUT2D eigenvalue weighted by molar-refractivity contribution is 0.651. The number of nitrogens with one attached hydrogen (secondary N) is 1. The fourth-order valence-corrected chi connectivity index (χ4v) is 1.64. The molecule has 0 bridgehead atoms. The van der Waals surface area contributed by atoms with E-state index in [1.807, 2.05) is 30.2 Å². The van der Waals surface area contributed by atoms with E-state index < -0.39 is 0 Å². The zero-order chi connectivity index (χ0) is 11.5. The van der Waals surface area contributed by atoms with Gasteiger partial charge in [-0.05, 0) is 13.8 Å². The van der Waals surface area contributed by atoms with Crippen LogP contribution in [0.15, 0.2) is 24.8 Å². The van der Waals surface area contributed by atoms with Crippen LogP contribution in [0.4, 0.5) is 5.82 Å². The molecule has 2 aromatic heterocycles. The molecule has 0 radical (unpaired) electrons. The maximum absolute atomic E-state index is 4.42. The lowest BCUT2D eigenvalue weighted by Crippen LogP contribution is -2.30. The highest BCUT2D eigenvalue weighted by atomic mass is 15.3. The molecule has 2 heterocycles. The predicted octanol–water partition coefficient (Wildman–Crippen LogP) is 1.56. The minimum Gasteiger partial charge on any atom is -0.351 e. The molecule has 0 saturated carbocycles. The zero-order valence-electron chi connectivity index (χ0n) is 9.88. The molecule has 0 spiro atoms. The molecular weight excluding hydrogens is 202 g/mol. The zero-order valence-corrected chi connectivity index (χ0v) is 9.88. The molecule has 5 heteroatoms. The maximum atomic E-state index is 4.42. The van der Waals surface area contributed by atoms with Crippen molar-refractivity contribution in [2.75, 3.05) is 4.90 Å². The number of hydrogen-bond donors (Lipinski definition) is 1. The SMILES string of the molecule is CC(C)N(Cc1c[nH]cn1)c1ccn(C)n1. The van der Waals surface area contributed by atoms with Crippen molar-refractivity contribution in [3.05, 3.63) is 30.5 Å². The molecule has 0 aliphatic carbocycles. The Morgan fingerprint density at radius 1 is 1.50 bits per heavy atom. The number of imidazole rings is 1. The average molecular weight is 219 g/mol. The van der Waals surface area contributed by atoms with E-state index in [1.165, 1.54) is 0 Å². The van der Waals surface area contributed by atoms with Crippen LogP contribution in [0, 0.1) is 0 Å². The van der Waals surface area contributed by atoms with Crippen molar-refractivity contribution in [2.24, 2.45) is 7.05 Å². The third kappa shape index (κ3) is 2.24. The smallest absolute Gasteiger partial charge is 0.151 e. The molecule has 1 N–H and O–H groups in total. The second-order valence-corrected chi connectivity index (χ2v) is 4.13. The fourth-order valence-electron chi connectivity index (χ4n) is 1.64. The molecule has 0 aliphatic rings. The van der Waals surface area contributed by atoms with E-state index in [-0.39, 0.29) is 0 Å². The van der Waals surface area contributed by atoms with Gasteiger partial charge in [0.2, 0.25) is 0 Å². The Labute approximate surface area is 95.1 Å². The molecular formula is C11H17N5. The van der Waals surface area contributed by atoms with Crippen LogP contribution in [0.5, 0.6) is 0 Å². The summed E-state index contributed by atoms with van der Waals surface area (Å²) in [7, 11) is 1.93. The monoisotopic (exact) mass is 219 g/mol. The first kappa shape index (κ1) is 10.7. The van der Waals surface area contributed by atoms with E-state index in [4.69, 9.17) is 0 Å². The Hall–Kier alpha value is -1.78. The highest BCUT2D eigenvalue weighted by molar-refractivity contribution is 5.38. The van der Waals surface area contributed by atoms with E-state index in [9.17, 15) is 0 Å². The first-order valence-corrected chi connectivity index (χ1v) is 5.41. The van der Waals surface area contributed by atoms with Crippen LogP contribution in [0.1, 0.15) is 19.5 Å². The van der Waals surface area contributed by atoms with Gasteiger partial charge in [0, 0.05) is 31.5 Å². The molecule has 0 aromatic carbocycles. The lowest BCUT2D eigenvalue weighted by atomic mass is 10.3. The van der Waals surface area contributed by atoms with Gasteiger partial charge in [-0.2, -0.15) is 5.10 Å². The Morgan fingerprint density at radius 3 is 2.81 bits per heavy atom. The average Bonchev–Trinajstić information content (AvgIpc) is 2.84. The molecule has 86 valence electrons. The van der Waals surface area contributed by atoms with Crippen LogP contribution in [-0.4, -0.2) is 25.8 Å². The normalized spacial score (nSPS) is 11.0. The van der Waals surface area contributed by atoms with Crippen molar-refractivity contribution in [3.8, 4) is 0 Å². The second kappa shape index (κ2) is 4.38. The van der Waals surface area contributed by atoms with Crippen LogP contribution in [0.3, 0.4) is 0 Å². The third-order valence-electron chi connectivity index (χ3n) is 2.50. The van der Waals surface area contributed by atoms with Crippen molar-refractivity contribution >= 4 is 5.82 Å². The number of aryl methyl sites for hydroxylation is 1.